The van der Waals surface area contributed by atoms with E-state index in [9.17, 15) is 19.2 Å². The molecule has 3 saturated heterocycles. The molecule has 444 valence electrons. The van der Waals surface area contributed by atoms with Crippen LogP contribution in [0.2, 0.25) is 0 Å². The van der Waals surface area contributed by atoms with E-state index >= 15 is 13.5 Å². The monoisotopic (exact) mass is 1230 g/mol. The van der Waals surface area contributed by atoms with Crippen LogP contribution < -0.4 is 26.5 Å². The maximum Gasteiger partial charge on any atom is 0.390 e. The molecule has 0 saturated carbocycles. The van der Waals surface area contributed by atoms with Crippen molar-refractivity contribution in [1.82, 2.24) is 29.1 Å². The zero-order chi connectivity index (χ0) is 58.8. The van der Waals surface area contributed by atoms with Crippen molar-refractivity contribution in [2.45, 2.75) is 126 Å². The number of hydrogen-bond acceptors (Lipinski definition) is 20. The summed E-state index contributed by atoms with van der Waals surface area (Å²) in [5, 5.41) is 0. The fraction of sp³-hybridized carbons (Fsp3) is 0.397. The number of rotatable bonds is 22. The lowest BCUT2D eigenvalue weighted by molar-refractivity contribution is -0.0595. The molecule has 9 atom stereocenters. The van der Waals surface area contributed by atoms with Gasteiger partial charge in [0.05, 0.1) is 37.8 Å². The van der Waals surface area contributed by atoms with Crippen molar-refractivity contribution in [3.8, 4) is 11.5 Å². The van der Waals surface area contributed by atoms with Crippen LogP contribution in [0, 0.1) is 6.92 Å². The van der Waals surface area contributed by atoms with E-state index in [0.29, 0.717) is 40.2 Å². The van der Waals surface area contributed by atoms with E-state index in [4.69, 9.17) is 42.8 Å². The summed E-state index contributed by atoms with van der Waals surface area (Å²) in [6, 6.07) is 28.2. The van der Waals surface area contributed by atoms with Crippen LogP contribution in [0.5, 0.6) is 11.5 Å². The lowest BCUT2D eigenvalue weighted by Crippen LogP contribution is -2.37. The van der Waals surface area contributed by atoms with Gasteiger partial charge in [0.2, 0.25) is 0 Å². The van der Waals surface area contributed by atoms with Gasteiger partial charge in [-0.25, -0.2) is 38.1 Å². The Kier molecular flexibility index (Phi) is 20.1. The SMILES string of the molecule is CCCCCCCCCCOc1ccc(C(=O)Oc2ccc(CSP3(=O)OC[C@H]4O[C@@H](n5ccc(=O)[nH]c5=O)[C@H](OP(=O)(SCc5ccc(C(=O)c6ccc(C)cc6)cc5)OC[C@@H]5C[C@@H](O3)[C@H](n3cnc6c(N)ncnc63)O5)[C@@H]4F)cc2)cc1. The first-order chi connectivity index (χ1) is 40.6. The number of anilines is 1. The second kappa shape index (κ2) is 27.8. The number of aryl methyl sites for hydroxylation is 1. The molecule has 21 nitrogen and oxygen atoms in total. The Labute approximate surface area is 491 Å². The predicted octanol–water partition coefficient (Wildman–Crippen LogP) is 11.7. The number of imidazole rings is 1. The summed E-state index contributed by atoms with van der Waals surface area (Å²) >= 11 is 1.51. The van der Waals surface area contributed by atoms with E-state index < -0.39 is 87.1 Å². The van der Waals surface area contributed by atoms with E-state index in [1.54, 1.807) is 84.9 Å². The molecular weight excluding hydrogens is 1160 g/mol. The van der Waals surface area contributed by atoms with Crippen LogP contribution in [-0.4, -0.2) is 91.2 Å². The number of ketones is 1. The van der Waals surface area contributed by atoms with Crippen molar-refractivity contribution in [1.29, 1.82) is 0 Å². The zero-order valence-electron chi connectivity index (χ0n) is 46.1. The number of alkyl halides is 1. The number of fused-ring (bicyclic) bond motifs is 5. The first kappa shape index (κ1) is 60.8. The topological polar surface area (TPSA) is 267 Å². The average molecular weight is 1230 g/mol. The Morgan fingerprint density at radius 1 is 0.714 bits per heavy atom. The van der Waals surface area contributed by atoms with Crippen LogP contribution in [0.4, 0.5) is 10.2 Å². The normalized spacial score (nSPS) is 24.4. The number of aromatic amines is 1. The van der Waals surface area contributed by atoms with Gasteiger partial charge in [-0.1, -0.05) is 118 Å². The van der Waals surface area contributed by atoms with Crippen molar-refractivity contribution in [2.24, 2.45) is 0 Å². The highest BCUT2D eigenvalue weighted by Crippen LogP contribution is 2.67. The number of halogens is 1. The van der Waals surface area contributed by atoms with Crippen LogP contribution in [-0.2, 0) is 48.2 Å². The maximum atomic E-state index is 17.2. The van der Waals surface area contributed by atoms with Crippen molar-refractivity contribution < 1.29 is 60.2 Å². The van der Waals surface area contributed by atoms with Crippen molar-refractivity contribution >= 4 is 65.1 Å². The summed E-state index contributed by atoms with van der Waals surface area (Å²) in [7, 11) is 0. The van der Waals surface area contributed by atoms with Crippen LogP contribution >= 0.6 is 36.4 Å². The number of hydrogen-bond donors (Lipinski definition) is 2. The highest BCUT2D eigenvalue weighted by Gasteiger charge is 2.53. The molecule has 10 rings (SSSR count). The summed E-state index contributed by atoms with van der Waals surface area (Å²) in [5.41, 5.74) is 8.43. The third-order valence-electron chi connectivity index (χ3n) is 14.3. The molecular formula is C58H64FN7O14P2S2. The fourth-order valence-corrected chi connectivity index (χ4v) is 16.5. The number of H-pyrrole nitrogens is 1. The molecule has 3 N–H and O–H groups in total. The number of esters is 1. The Balaban J connectivity index is 0.860. The molecule has 3 aromatic heterocycles. The number of nitrogens with zero attached hydrogens (tertiary/aromatic N) is 5. The maximum absolute atomic E-state index is 17.2. The Hall–Kier alpha value is -6.30. The summed E-state index contributed by atoms with van der Waals surface area (Å²) in [6.45, 7) is -5.44. The van der Waals surface area contributed by atoms with Gasteiger partial charge in [0.1, 0.15) is 41.7 Å². The zero-order valence-corrected chi connectivity index (χ0v) is 49.5. The van der Waals surface area contributed by atoms with Crippen molar-refractivity contribution in [2.75, 3.05) is 25.6 Å². The van der Waals surface area contributed by atoms with Gasteiger partial charge in [-0.3, -0.25) is 41.8 Å². The molecule has 3 fully saturated rings. The number of ether oxygens (including phenoxy) is 4. The molecule has 26 heteroatoms. The number of unbranched alkanes of at least 4 members (excludes halogenated alkanes) is 7. The Bertz CT molecular complexity index is 3620. The second-order valence-electron chi connectivity index (χ2n) is 20.5. The first-order valence-electron chi connectivity index (χ1n) is 27.7. The van der Waals surface area contributed by atoms with Gasteiger partial charge in [-0.15, -0.1) is 0 Å². The minimum Gasteiger partial charge on any atom is -0.494 e. The molecule has 0 amide bonds. The molecule has 0 aliphatic carbocycles. The van der Waals surface area contributed by atoms with Gasteiger partial charge >= 0.3 is 25.3 Å². The van der Waals surface area contributed by atoms with Gasteiger partial charge in [0, 0.05) is 41.3 Å². The van der Waals surface area contributed by atoms with Crippen LogP contribution in [0.1, 0.15) is 120 Å². The van der Waals surface area contributed by atoms with Crippen molar-refractivity contribution in [3.63, 3.8) is 0 Å². The first-order valence-corrected chi connectivity index (χ1v) is 34.0. The molecule has 4 bridgehead atoms. The summed E-state index contributed by atoms with van der Waals surface area (Å²) in [6.07, 6.45) is 2.74. The number of nitrogen functional groups attached to an aromatic ring is 1. The lowest BCUT2D eigenvalue weighted by atomic mass is 10.0. The quantitative estimate of drug-likeness (QED) is 0.0210. The molecule has 6 heterocycles. The fourth-order valence-electron chi connectivity index (χ4n) is 9.73. The standard InChI is InChI=1S/C58H64FN7O14P2S2/c1-3-4-5-6-7-8-9-10-29-73-43-25-21-42(22-26-43)57(69)77-44-23-15-39(16-24-44)34-83-81(71)75-32-47-49(59)52(56(78-47)65-28-27-48(67)64-58(65)70)80-82(72,84-33-38-13-19-41(20-14-38)51(68)40-17-11-37(2)12-18-40)74-31-45-30-46(79-81)55(76-45)66-36-63-50-53(60)61-35-62-54(50)66/h11-28,35-36,45-47,49,52,55-56H,3-10,29-34H2,1-2H3,(H2,60,61,62)(H,64,67,70)/t45-,46+,47+,49+,52+,55+,56+,81?,82?/m0/s1. The second-order valence-corrected chi connectivity index (χ2v) is 28.6. The number of aromatic nitrogens is 6. The van der Waals surface area contributed by atoms with E-state index in [-0.39, 0.29) is 46.4 Å². The molecule has 7 aromatic rings. The minimum absolute atomic E-state index is 0.00632. The number of benzene rings is 4. The smallest absolute Gasteiger partial charge is 0.390 e. The van der Waals surface area contributed by atoms with Crippen molar-refractivity contribution in [3.05, 3.63) is 176 Å². The highest BCUT2D eigenvalue weighted by molar-refractivity contribution is 8.55. The highest BCUT2D eigenvalue weighted by atomic mass is 32.7. The third kappa shape index (κ3) is 15.2. The predicted molar refractivity (Wildman–Crippen MR) is 315 cm³/mol. The van der Waals surface area contributed by atoms with Gasteiger partial charge < -0.3 is 24.7 Å². The molecule has 4 aromatic carbocycles. The third-order valence-corrected chi connectivity index (χ3v) is 21.7. The van der Waals surface area contributed by atoms with E-state index in [2.05, 4.69) is 26.9 Å². The van der Waals surface area contributed by atoms with Crippen LogP contribution in [0.25, 0.3) is 11.2 Å². The summed E-state index contributed by atoms with van der Waals surface area (Å²) in [5.74, 6) is 0.218. The molecule has 0 spiro atoms. The molecule has 3 aliphatic heterocycles. The number of nitrogens with one attached hydrogen (secondary N) is 1. The molecule has 84 heavy (non-hydrogen) atoms. The Morgan fingerprint density at radius 3 is 2.02 bits per heavy atom. The van der Waals surface area contributed by atoms with Crippen LogP contribution in [0.15, 0.2) is 132 Å². The minimum atomic E-state index is -4.54. The van der Waals surface area contributed by atoms with Gasteiger partial charge in [-0.2, -0.15) is 0 Å². The van der Waals surface area contributed by atoms with Gasteiger partial charge in [0.15, 0.2) is 35.9 Å². The molecule has 2 unspecified atom stereocenters. The largest absolute Gasteiger partial charge is 0.494 e. The van der Waals surface area contributed by atoms with Gasteiger partial charge in [-0.05, 0) is 83.6 Å². The number of nitrogens with two attached hydrogens (primary N) is 1. The molecule has 0 radical (unpaired) electrons. The van der Waals surface area contributed by atoms with Gasteiger partial charge in [0.25, 0.3) is 5.56 Å². The van der Waals surface area contributed by atoms with Crippen LogP contribution in [0.3, 0.4) is 0 Å². The van der Waals surface area contributed by atoms with E-state index in [0.717, 1.165) is 58.0 Å². The number of carbonyl (C=O) groups excluding carboxylic acids is 2. The van der Waals surface area contributed by atoms with E-state index in [1.807, 2.05) is 19.1 Å². The molecule has 3 aliphatic rings. The Morgan fingerprint density at radius 2 is 1.33 bits per heavy atom. The lowest BCUT2D eigenvalue weighted by Gasteiger charge is -2.27. The average Bonchev–Trinajstić information content (AvgIpc) is 4.25. The summed E-state index contributed by atoms with van der Waals surface area (Å²) < 4.78 is 99.6. The number of carbonyl (C=O) groups is 2. The van der Waals surface area contributed by atoms with E-state index in [1.165, 1.54) is 55.7 Å². The summed E-state index contributed by atoms with van der Waals surface area (Å²) in [4.78, 5) is 66.9.